The van der Waals surface area contributed by atoms with Crippen molar-refractivity contribution in [2.75, 3.05) is 13.1 Å². The molecule has 1 aliphatic heterocycles. The van der Waals surface area contributed by atoms with Gasteiger partial charge in [-0.25, -0.2) is 4.98 Å². The fourth-order valence-corrected chi connectivity index (χ4v) is 4.39. The maximum Gasteiger partial charge on any atom is 0.198 e. The topological polar surface area (TPSA) is 71.1 Å². The SMILES string of the molecule is c1ccc2oc(-c3[nH]ncc3CN3CCC(c4nc5ccccc5o4)CC3)cc2c1. The molecule has 1 aliphatic rings. The summed E-state index contributed by atoms with van der Waals surface area (Å²) in [5.74, 6) is 2.10. The van der Waals surface area contributed by atoms with E-state index in [-0.39, 0.29) is 0 Å². The quantitative estimate of drug-likeness (QED) is 0.442. The van der Waals surface area contributed by atoms with E-state index < -0.39 is 0 Å². The van der Waals surface area contributed by atoms with Crippen LogP contribution in [0.1, 0.15) is 30.2 Å². The molecule has 4 heterocycles. The first-order valence-electron chi connectivity index (χ1n) is 10.4. The first-order valence-corrected chi connectivity index (χ1v) is 10.4. The summed E-state index contributed by atoms with van der Waals surface area (Å²) >= 11 is 0. The molecule has 30 heavy (non-hydrogen) atoms. The third-order valence-electron chi connectivity index (χ3n) is 6.03. The zero-order chi connectivity index (χ0) is 19.9. The standard InChI is InChI=1S/C24H22N4O2/c1-3-7-20-17(5-1)13-22(29-20)23-18(14-25-27-23)15-28-11-9-16(10-12-28)24-26-19-6-2-4-8-21(19)30-24/h1-8,13-14,16H,9-12,15H2,(H,25,27). The second kappa shape index (κ2) is 7.15. The second-order valence-electron chi connectivity index (χ2n) is 7.99. The van der Waals surface area contributed by atoms with E-state index in [1.807, 2.05) is 48.7 Å². The molecule has 6 nitrogen and oxygen atoms in total. The van der Waals surface area contributed by atoms with Crippen molar-refractivity contribution in [2.24, 2.45) is 0 Å². The van der Waals surface area contributed by atoms with Crippen LogP contribution in [0.3, 0.4) is 0 Å². The summed E-state index contributed by atoms with van der Waals surface area (Å²) in [4.78, 5) is 7.17. The van der Waals surface area contributed by atoms with E-state index in [2.05, 4.69) is 27.2 Å². The molecule has 2 aromatic carbocycles. The van der Waals surface area contributed by atoms with Crippen LogP contribution in [0.15, 0.2) is 69.6 Å². The zero-order valence-corrected chi connectivity index (χ0v) is 16.5. The van der Waals surface area contributed by atoms with Crippen molar-refractivity contribution in [3.05, 3.63) is 72.2 Å². The minimum Gasteiger partial charge on any atom is -0.454 e. The Labute approximate surface area is 173 Å². The molecule has 6 rings (SSSR count). The largest absolute Gasteiger partial charge is 0.454 e. The van der Waals surface area contributed by atoms with Gasteiger partial charge >= 0.3 is 0 Å². The highest BCUT2D eigenvalue weighted by molar-refractivity contribution is 5.82. The van der Waals surface area contributed by atoms with Crippen molar-refractivity contribution in [3.8, 4) is 11.5 Å². The van der Waals surface area contributed by atoms with E-state index in [1.165, 1.54) is 0 Å². The van der Waals surface area contributed by atoms with E-state index in [9.17, 15) is 0 Å². The maximum absolute atomic E-state index is 6.04. The van der Waals surface area contributed by atoms with Gasteiger partial charge in [0.2, 0.25) is 0 Å². The highest BCUT2D eigenvalue weighted by Gasteiger charge is 2.25. The van der Waals surface area contributed by atoms with Crippen molar-refractivity contribution in [1.29, 1.82) is 0 Å². The number of aromatic nitrogens is 3. The van der Waals surface area contributed by atoms with Crippen LogP contribution < -0.4 is 0 Å². The van der Waals surface area contributed by atoms with Gasteiger partial charge in [0.15, 0.2) is 17.2 Å². The average Bonchev–Trinajstić information content (AvgIpc) is 3.51. The Morgan fingerprint density at radius 2 is 1.77 bits per heavy atom. The molecule has 0 radical (unpaired) electrons. The van der Waals surface area contributed by atoms with E-state index in [0.717, 1.165) is 77.5 Å². The summed E-state index contributed by atoms with van der Waals surface area (Å²) in [5.41, 5.74) is 4.85. The number of H-pyrrole nitrogens is 1. The molecule has 0 amide bonds. The Balaban J connectivity index is 1.16. The molecule has 5 aromatic rings. The summed E-state index contributed by atoms with van der Waals surface area (Å²) in [6.07, 6.45) is 4.00. The lowest BCUT2D eigenvalue weighted by molar-refractivity contribution is 0.194. The first kappa shape index (κ1) is 17.5. The Bertz CT molecular complexity index is 1240. The molecule has 0 atom stereocenters. The zero-order valence-electron chi connectivity index (χ0n) is 16.5. The lowest BCUT2D eigenvalue weighted by Gasteiger charge is -2.30. The van der Waals surface area contributed by atoms with Crippen LogP contribution in [0.2, 0.25) is 0 Å². The van der Waals surface area contributed by atoms with Gasteiger partial charge in [-0.2, -0.15) is 5.10 Å². The fraction of sp³-hybridized carbons (Fsp3) is 0.250. The van der Waals surface area contributed by atoms with Crippen molar-refractivity contribution in [1.82, 2.24) is 20.1 Å². The number of rotatable bonds is 4. The van der Waals surface area contributed by atoms with E-state index in [4.69, 9.17) is 13.8 Å². The lowest BCUT2D eigenvalue weighted by atomic mass is 9.96. The van der Waals surface area contributed by atoms with Crippen LogP contribution in [0.5, 0.6) is 0 Å². The van der Waals surface area contributed by atoms with Gasteiger partial charge in [0, 0.05) is 23.4 Å². The van der Waals surface area contributed by atoms with Gasteiger partial charge in [0.1, 0.15) is 16.8 Å². The van der Waals surface area contributed by atoms with E-state index in [1.54, 1.807) is 0 Å². The molecule has 3 aromatic heterocycles. The number of para-hydroxylation sites is 3. The molecule has 1 saturated heterocycles. The highest BCUT2D eigenvalue weighted by Crippen LogP contribution is 2.32. The summed E-state index contributed by atoms with van der Waals surface area (Å²) < 4.78 is 12.0. The number of benzene rings is 2. The number of hydrogen-bond donors (Lipinski definition) is 1. The van der Waals surface area contributed by atoms with E-state index >= 15 is 0 Å². The Hall–Kier alpha value is -3.38. The summed E-state index contributed by atoms with van der Waals surface area (Å²) in [5, 5.41) is 8.51. The normalized spacial score (nSPS) is 16.0. The number of likely N-dealkylation sites (tertiary alicyclic amines) is 1. The summed E-state index contributed by atoms with van der Waals surface area (Å²) in [6.45, 7) is 2.87. The second-order valence-corrected chi connectivity index (χ2v) is 7.99. The maximum atomic E-state index is 6.04. The molecular weight excluding hydrogens is 376 g/mol. The van der Waals surface area contributed by atoms with Crippen LogP contribution >= 0.6 is 0 Å². The predicted molar refractivity (Wildman–Crippen MR) is 115 cm³/mol. The number of piperidine rings is 1. The Morgan fingerprint density at radius 1 is 0.967 bits per heavy atom. The van der Waals surface area contributed by atoms with Crippen molar-refractivity contribution in [2.45, 2.75) is 25.3 Å². The molecule has 0 bridgehead atoms. The third kappa shape index (κ3) is 3.09. The van der Waals surface area contributed by atoms with Gasteiger partial charge in [-0.15, -0.1) is 0 Å². The van der Waals surface area contributed by atoms with Gasteiger partial charge in [0.25, 0.3) is 0 Å². The minimum atomic E-state index is 0.382. The number of fused-ring (bicyclic) bond motifs is 2. The van der Waals surface area contributed by atoms with Crippen molar-refractivity contribution < 1.29 is 8.83 Å². The van der Waals surface area contributed by atoms with Crippen molar-refractivity contribution in [3.63, 3.8) is 0 Å². The van der Waals surface area contributed by atoms with Crippen LogP contribution in [-0.2, 0) is 6.54 Å². The van der Waals surface area contributed by atoms with Crippen LogP contribution in [0.25, 0.3) is 33.5 Å². The molecule has 0 spiro atoms. The van der Waals surface area contributed by atoms with E-state index in [0.29, 0.717) is 5.92 Å². The number of nitrogens with one attached hydrogen (secondary N) is 1. The lowest BCUT2D eigenvalue weighted by Crippen LogP contribution is -2.32. The summed E-state index contributed by atoms with van der Waals surface area (Å²) in [6, 6.07) is 18.1. The molecule has 0 aliphatic carbocycles. The van der Waals surface area contributed by atoms with Gasteiger partial charge in [0.05, 0.1) is 6.20 Å². The smallest absolute Gasteiger partial charge is 0.198 e. The number of hydrogen-bond acceptors (Lipinski definition) is 5. The monoisotopic (exact) mass is 398 g/mol. The molecule has 1 N–H and O–H groups in total. The molecule has 0 saturated carbocycles. The molecular formula is C24H22N4O2. The molecule has 150 valence electrons. The van der Waals surface area contributed by atoms with Gasteiger partial charge < -0.3 is 8.83 Å². The van der Waals surface area contributed by atoms with Gasteiger partial charge in [-0.05, 0) is 50.2 Å². The average molecular weight is 398 g/mol. The third-order valence-corrected chi connectivity index (χ3v) is 6.03. The predicted octanol–water partition coefficient (Wildman–Crippen LogP) is 5.34. The summed E-state index contributed by atoms with van der Waals surface area (Å²) in [7, 11) is 0. The number of oxazole rings is 1. The fourth-order valence-electron chi connectivity index (χ4n) is 4.39. The minimum absolute atomic E-state index is 0.382. The van der Waals surface area contributed by atoms with Crippen LogP contribution in [0, 0.1) is 0 Å². The van der Waals surface area contributed by atoms with Crippen LogP contribution in [0.4, 0.5) is 0 Å². The highest BCUT2D eigenvalue weighted by atomic mass is 16.3. The Kier molecular flexibility index (Phi) is 4.16. The van der Waals surface area contributed by atoms with Gasteiger partial charge in [-0.1, -0.05) is 30.3 Å². The number of furan rings is 1. The van der Waals surface area contributed by atoms with Crippen LogP contribution in [-0.4, -0.2) is 33.2 Å². The van der Waals surface area contributed by atoms with Gasteiger partial charge in [-0.3, -0.25) is 10.00 Å². The molecule has 1 fully saturated rings. The van der Waals surface area contributed by atoms with Crippen molar-refractivity contribution >= 4 is 22.1 Å². The number of nitrogens with zero attached hydrogens (tertiary/aromatic N) is 3. The number of aromatic amines is 1. The molecule has 6 heteroatoms. The molecule has 0 unspecified atom stereocenters. The Morgan fingerprint density at radius 3 is 2.60 bits per heavy atom. The first-order chi connectivity index (χ1) is 14.8.